The minimum absolute atomic E-state index is 0.113. The van der Waals surface area contributed by atoms with E-state index < -0.39 is 0 Å². The molecule has 1 N–H and O–H groups in total. The fourth-order valence-corrected chi connectivity index (χ4v) is 4.07. The van der Waals surface area contributed by atoms with Gasteiger partial charge in [0.1, 0.15) is 0 Å². The molecule has 0 saturated heterocycles. The van der Waals surface area contributed by atoms with Crippen molar-refractivity contribution in [2.75, 3.05) is 11.1 Å². The van der Waals surface area contributed by atoms with E-state index in [4.69, 9.17) is 0 Å². The van der Waals surface area contributed by atoms with Gasteiger partial charge in [-0.2, -0.15) is 0 Å². The van der Waals surface area contributed by atoms with Crippen LogP contribution < -0.4 is 5.32 Å². The van der Waals surface area contributed by atoms with Crippen LogP contribution in [0.1, 0.15) is 28.4 Å². The van der Waals surface area contributed by atoms with Crippen molar-refractivity contribution in [1.82, 2.24) is 4.98 Å². The number of aryl methyl sites for hydroxylation is 2. The van der Waals surface area contributed by atoms with E-state index in [1.165, 1.54) is 22.5 Å². The van der Waals surface area contributed by atoms with E-state index in [1.54, 1.807) is 11.8 Å². The van der Waals surface area contributed by atoms with Crippen LogP contribution in [0.2, 0.25) is 0 Å². The van der Waals surface area contributed by atoms with Gasteiger partial charge >= 0.3 is 0 Å². The number of carbonyl (C=O) groups excluding carboxylic acids is 1. The van der Waals surface area contributed by atoms with Crippen molar-refractivity contribution < 1.29 is 4.79 Å². The number of thioether (sulfide) groups is 1. The molecule has 1 amide bonds. The third-order valence-electron chi connectivity index (χ3n) is 3.83. The molecule has 0 spiro atoms. The van der Waals surface area contributed by atoms with E-state index in [1.807, 2.05) is 29.6 Å². The Bertz CT molecular complexity index is 902. The molecule has 0 radical (unpaired) electrons. The predicted molar refractivity (Wildman–Crippen MR) is 108 cm³/mol. The smallest absolute Gasteiger partial charge is 0.258 e. The normalized spacial score (nSPS) is 10.7. The Labute approximate surface area is 156 Å². The summed E-state index contributed by atoms with van der Waals surface area (Å²) in [4.78, 5) is 18.2. The zero-order valence-electron chi connectivity index (χ0n) is 14.5. The quantitative estimate of drug-likeness (QED) is 0.579. The molecular formula is C20H20N2OS2. The third-order valence-corrected chi connectivity index (χ3v) is 5.54. The van der Waals surface area contributed by atoms with Crippen molar-refractivity contribution in [1.29, 1.82) is 0 Å². The highest BCUT2D eigenvalue weighted by Gasteiger charge is 2.14. The number of anilines is 1. The Hall–Kier alpha value is -2.11. The van der Waals surface area contributed by atoms with Gasteiger partial charge in [0.05, 0.1) is 11.3 Å². The maximum atomic E-state index is 12.6. The number of amides is 1. The molecule has 3 nitrogen and oxygen atoms in total. The first-order chi connectivity index (χ1) is 12.1. The summed E-state index contributed by atoms with van der Waals surface area (Å²) in [5.74, 6) is 0.816. The molecule has 2 aromatic carbocycles. The first-order valence-corrected chi connectivity index (χ1v) is 10.0. The molecular weight excluding hydrogens is 348 g/mol. The van der Waals surface area contributed by atoms with Crippen LogP contribution in [0.5, 0.6) is 0 Å². The second kappa shape index (κ2) is 7.85. The van der Waals surface area contributed by atoms with Crippen LogP contribution in [-0.2, 0) is 0 Å². The lowest BCUT2D eigenvalue weighted by Gasteiger charge is -2.07. The van der Waals surface area contributed by atoms with Gasteiger partial charge in [0.25, 0.3) is 5.91 Å². The maximum absolute atomic E-state index is 12.6. The summed E-state index contributed by atoms with van der Waals surface area (Å²) >= 11 is 3.12. The number of thiazole rings is 1. The molecule has 0 aliphatic heterocycles. The van der Waals surface area contributed by atoms with E-state index in [2.05, 4.69) is 49.3 Å². The Morgan fingerprint density at radius 1 is 1.20 bits per heavy atom. The number of nitrogens with zero attached hydrogens (tertiary/aromatic N) is 1. The Balaban J connectivity index is 1.82. The zero-order valence-corrected chi connectivity index (χ0v) is 16.1. The molecule has 25 heavy (non-hydrogen) atoms. The maximum Gasteiger partial charge on any atom is 0.258 e. The molecule has 128 valence electrons. The number of carbonyl (C=O) groups is 1. The Morgan fingerprint density at radius 2 is 2.00 bits per heavy atom. The fourth-order valence-electron chi connectivity index (χ4n) is 2.57. The monoisotopic (exact) mass is 368 g/mol. The average molecular weight is 369 g/mol. The molecule has 0 fully saturated rings. The Morgan fingerprint density at radius 3 is 2.80 bits per heavy atom. The summed E-state index contributed by atoms with van der Waals surface area (Å²) in [6.45, 7) is 6.22. The number of hydrogen-bond acceptors (Lipinski definition) is 4. The summed E-state index contributed by atoms with van der Waals surface area (Å²) in [5, 5.41) is 5.55. The molecule has 0 aliphatic carbocycles. The fraction of sp³-hybridized carbons (Fsp3) is 0.200. The molecule has 1 heterocycles. The standard InChI is InChI=1S/C20H20N2OS2/c1-4-24-18-8-6-5-7-15(18)19(23)22-20-21-17(12-25-20)16-11-13(2)9-10-14(16)3/h5-12H,4H2,1-3H3,(H,21,22,23). The summed E-state index contributed by atoms with van der Waals surface area (Å²) in [7, 11) is 0. The molecule has 0 bridgehead atoms. The van der Waals surface area contributed by atoms with Gasteiger partial charge in [-0.1, -0.05) is 36.8 Å². The Kier molecular flexibility index (Phi) is 5.56. The number of aromatic nitrogens is 1. The molecule has 3 rings (SSSR count). The second-order valence-corrected chi connectivity index (χ2v) is 7.90. The number of rotatable bonds is 5. The van der Waals surface area contributed by atoms with Crippen LogP contribution in [0.25, 0.3) is 11.3 Å². The molecule has 0 unspecified atom stereocenters. The highest BCUT2D eigenvalue weighted by Crippen LogP contribution is 2.29. The molecule has 0 atom stereocenters. The summed E-state index contributed by atoms with van der Waals surface area (Å²) in [5.41, 5.74) is 5.08. The van der Waals surface area contributed by atoms with Crippen molar-refractivity contribution in [2.24, 2.45) is 0 Å². The van der Waals surface area contributed by atoms with E-state index in [9.17, 15) is 4.79 Å². The molecule has 5 heteroatoms. The van der Waals surface area contributed by atoms with E-state index in [0.29, 0.717) is 10.7 Å². The highest BCUT2D eigenvalue weighted by molar-refractivity contribution is 7.99. The minimum atomic E-state index is -0.113. The van der Waals surface area contributed by atoms with Gasteiger partial charge in [0.15, 0.2) is 5.13 Å². The van der Waals surface area contributed by atoms with Crippen LogP contribution in [0.3, 0.4) is 0 Å². The van der Waals surface area contributed by atoms with Gasteiger partial charge < -0.3 is 0 Å². The lowest BCUT2D eigenvalue weighted by molar-refractivity contribution is 0.102. The first kappa shape index (κ1) is 17.7. The van der Waals surface area contributed by atoms with Crippen LogP contribution >= 0.6 is 23.1 Å². The van der Waals surface area contributed by atoms with Gasteiger partial charge in [-0.15, -0.1) is 23.1 Å². The lowest BCUT2D eigenvalue weighted by atomic mass is 10.0. The van der Waals surface area contributed by atoms with Crippen molar-refractivity contribution in [3.63, 3.8) is 0 Å². The molecule has 0 aliphatic rings. The van der Waals surface area contributed by atoms with Gasteiger partial charge in [-0.3, -0.25) is 10.1 Å². The molecule has 1 aromatic heterocycles. The van der Waals surface area contributed by atoms with Crippen molar-refractivity contribution in [3.8, 4) is 11.3 Å². The van der Waals surface area contributed by atoms with E-state index >= 15 is 0 Å². The van der Waals surface area contributed by atoms with Crippen molar-refractivity contribution >= 4 is 34.1 Å². The van der Waals surface area contributed by atoms with Gasteiger partial charge in [-0.25, -0.2) is 4.98 Å². The van der Waals surface area contributed by atoms with Crippen LogP contribution in [0.15, 0.2) is 52.7 Å². The topological polar surface area (TPSA) is 42.0 Å². The third kappa shape index (κ3) is 4.11. The first-order valence-electron chi connectivity index (χ1n) is 8.15. The average Bonchev–Trinajstić information content (AvgIpc) is 3.06. The molecule has 3 aromatic rings. The second-order valence-electron chi connectivity index (χ2n) is 5.74. The summed E-state index contributed by atoms with van der Waals surface area (Å²) < 4.78 is 0. The van der Waals surface area contributed by atoms with E-state index in [0.717, 1.165) is 21.9 Å². The van der Waals surface area contributed by atoms with Gasteiger partial charge in [0, 0.05) is 15.8 Å². The predicted octanol–water partition coefficient (Wildman–Crippen LogP) is 5.79. The number of benzene rings is 2. The zero-order chi connectivity index (χ0) is 17.8. The van der Waals surface area contributed by atoms with Crippen molar-refractivity contribution in [3.05, 3.63) is 64.5 Å². The van der Waals surface area contributed by atoms with E-state index in [-0.39, 0.29) is 5.91 Å². The molecule has 0 saturated carbocycles. The number of hydrogen-bond donors (Lipinski definition) is 1. The SMILES string of the molecule is CCSc1ccccc1C(=O)Nc1nc(-c2cc(C)ccc2C)cs1. The van der Waals surface area contributed by atoms with Crippen molar-refractivity contribution in [2.45, 2.75) is 25.7 Å². The van der Waals surface area contributed by atoms with Gasteiger partial charge in [-0.05, 0) is 43.4 Å². The summed E-state index contributed by atoms with van der Waals surface area (Å²) in [6, 6.07) is 14.0. The summed E-state index contributed by atoms with van der Waals surface area (Å²) in [6.07, 6.45) is 0. The highest BCUT2D eigenvalue weighted by atomic mass is 32.2. The van der Waals surface area contributed by atoms with Crippen LogP contribution in [0.4, 0.5) is 5.13 Å². The number of nitrogens with one attached hydrogen (secondary N) is 1. The van der Waals surface area contributed by atoms with Gasteiger partial charge in [0.2, 0.25) is 0 Å². The largest absolute Gasteiger partial charge is 0.298 e. The van der Waals surface area contributed by atoms with Crippen LogP contribution in [0, 0.1) is 13.8 Å². The lowest BCUT2D eigenvalue weighted by Crippen LogP contribution is -2.12. The van der Waals surface area contributed by atoms with Crippen LogP contribution in [-0.4, -0.2) is 16.6 Å². The minimum Gasteiger partial charge on any atom is -0.298 e.